The van der Waals surface area contributed by atoms with Crippen LogP contribution in [0.25, 0.3) is 10.9 Å². The van der Waals surface area contributed by atoms with E-state index in [9.17, 15) is 9.59 Å². The SMILES string of the molecule is O=C(Cc1nnc(NC(=O)c2ccccc2)s1)NN=Cc1c[nH]c2ccccc12. The first kappa shape index (κ1) is 18.5. The Bertz CT molecular complexity index is 1180. The van der Waals surface area contributed by atoms with Gasteiger partial charge in [-0.25, -0.2) is 5.43 Å². The van der Waals surface area contributed by atoms with Crippen LogP contribution in [0.15, 0.2) is 65.9 Å². The molecule has 9 heteroatoms. The van der Waals surface area contributed by atoms with Crippen LogP contribution in [0.3, 0.4) is 0 Å². The summed E-state index contributed by atoms with van der Waals surface area (Å²) in [5, 5.41) is 16.3. The van der Waals surface area contributed by atoms with E-state index < -0.39 is 0 Å². The maximum atomic E-state index is 12.1. The van der Waals surface area contributed by atoms with Crippen molar-refractivity contribution in [3.63, 3.8) is 0 Å². The molecule has 29 heavy (non-hydrogen) atoms. The number of hydrazone groups is 1. The molecule has 0 saturated heterocycles. The molecule has 2 aromatic heterocycles. The molecule has 0 bridgehead atoms. The number of benzene rings is 2. The van der Waals surface area contributed by atoms with Crippen molar-refractivity contribution in [3.8, 4) is 0 Å². The number of fused-ring (bicyclic) bond motifs is 1. The second kappa shape index (κ2) is 8.44. The van der Waals surface area contributed by atoms with Crippen molar-refractivity contribution >= 4 is 45.4 Å². The fourth-order valence-electron chi connectivity index (χ4n) is 2.69. The molecule has 0 fully saturated rings. The van der Waals surface area contributed by atoms with Crippen LogP contribution in [-0.2, 0) is 11.2 Å². The molecule has 4 aromatic rings. The number of aromatic amines is 1. The Hall–Kier alpha value is -3.85. The number of H-pyrrole nitrogens is 1. The van der Waals surface area contributed by atoms with E-state index in [4.69, 9.17) is 0 Å². The van der Waals surface area contributed by atoms with Gasteiger partial charge >= 0.3 is 0 Å². The minimum absolute atomic E-state index is 0.0180. The van der Waals surface area contributed by atoms with E-state index in [1.165, 1.54) is 0 Å². The fraction of sp³-hybridized carbons (Fsp3) is 0.0500. The Balaban J connectivity index is 1.31. The molecule has 0 atom stereocenters. The number of amides is 2. The third-order valence-electron chi connectivity index (χ3n) is 4.05. The molecule has 4 rings (SSSR count). The van der Waals surface area contributed by atoms with E-state index >= 15 is 0 Å². The molecule has 0 spiro atoms. The van der Waals surface area contributed by atoms with Crippen LogP contribution in [0.2, 0.25) is 0 Å². The van der Waals surface area contributed by atoms with Gasteiger partial charge in [0.05, 0.1) is 12.6 Å². The van der Waals surface area contributed by atoms with E-state index in [1.807, 2.05) is 36.5 Å². The molecule has 0 aliphatic rings. The molecule has 0 unspecified atom stereocenters. The first-order chi connectivity index (χ1) is 14.2. The van der Waals surface area contributed by atoms with Gasteiger partial charge in [0.2, 0.25) is 11.0 Å². The van der Waals surface area contributed by atoms with E-state index in [-0.39, 0.29) is 18.2 Å². The van der Waals surface area contributed by atoms with Crippen LogP contribution < -0.4 is 10.7 Å². The van der Waals surface area contributed by atoms with Crippen LogP contribution >= 0.6 is 11.3 Å². The molecule has 144 valence electrons. The summed E-state index contributed by atoms with van der Waals surface area (Å²) in [4.78, 5) is 27.3. The third kappa shape index (κ3) is 4.53. The zero-order chi connectivity index (χ0) is 20.1. The van der Waals surface area contributed by atoms with E-state index in [2.05, 4.69) is 31.0 Å². The standard InChI is InChI=1S/C20H16N6O2S/c27-17(24-22-12-14-11-21-16-9-5-4-8-15(14)16)10-18-25-26-20(29-18)23-19(28)13-6-2-1-3-7-13/h1-9,11-12,21H,10H2,(H,24,27)(H,23,26,28). The number of rotatable bonds is 6. The number of anilines is 1. The normalized spacial score (nSPS) is 11.0. The van der Waals surface area contributed by atoms with Crippen LogP contribution in [-0.4, -0.2) is 33.2 Å². The fourth-order valence-corrected chi connectivity index (χ4v) is 3.42. The second-order valence-electron chi connectivity index (χ2n) is 6.08. The van der Waals surface area contributed by atoms with Crippen molar-refractivity contribution in [1.82, 2.24) is 20.6 Å². The molecule has 8 nitrogen and oxygen atoms in total. The predicted octanol–water partition coefficient (Wildman–Crippen LogP) is 2.96. The van der Waals surface area contributed by atoms with Crippen molar-refractivity contribution < 1.29 is 9.59 Å². The molecule has 3 N–H and O–H groups in total. The summed E-state index contributed by atoms with van der Waals surface area (Å²) in [7, 11) is 0. The Morgan fingerprint density at radius 3 is 2.72 bits per heavy atom. The van der Waals surface area contributed by atoms with Crippen LogP contribution in [0, 0.1) is 0 Å². The molecular formula is C20H16N6O2S. The van der Waals surface area contributed by atoms with Crippen LogP contribution in [0.4, 0.5) is 5.13 Å². The number of carbonyl (C=O) groups is 2. The Morgan fingerprint density at radius 2 is 1.86 bits per heavy atom. The number of hydrogen-bond donors (Lipinski definition) is 3. The van der Waals surface area contributed by atoms with Crippen LogP contribution in [0.1, 0.15) is 20.9 Å². The Kier molecular flexibility index (Phi) is 5.39. The van der Waals surface area contributed by atoms with Gasteiger partial charge in [-0.15, -0.1) is 10.2 Å². The zero-order valence-electron chi connectivity index (χ0n) is 15.1. The lowest BCUT2D eigenvalue weighted by atomic mass is 10.2. The molecule has 2 aromatic carbocycles. The van der Waals surface area contributed by atoms with Crippen molar-refractivity contribution in [3.05, 3.63) is 76.9 Å². The van der Waals surface area contributed by atoms with Gasteiger partial charge in [-0.1, -0.05) is 47.7 Å². The number of nitrogens with zero attached hydrogens (tertiary/aromatic N) is 3. The van der Waals surface area contributed by atoms with E-state index in [0.29, 0.717) is 15.7 Å². The summed E-state index contributed by atoms with van der Waals surface area (Å²) in [5.41, 5.74) is 4.88. The lowest BCUT2D eigenvalue weighted by molar-refractivity contribution is -0.120. The monoisotopic (exact) mass is 404 g/mol. The quantitative estimate of drug-likeness (QED) is 0.339. The number of carbonyl (C=O) groups excluding carboxylic acids is 2. The van der Waals surface area contributed by atoms with Crippen LogP contribution in [0.5, 0.6) is 0 Å². The highest BCUT2D eigenvalue weighted by atomic mass is 32.1. The van der Waals surface area contributed by atoms with Gasteiger partial charge in [-0.2, -0.15) is 5.10 Å². The minimum Gasteiger partial charge on any atom is -0.361 e. The molecule has 0 saturated carbocycles. The number of hydrogen-bond acceptors (Lipinski definition) is 6. The summed E-state index contributed by atoms with van der Waals surface area (Å²) in [5.74, 6) is -0.598. The molecule has 2 heterocycles. The molecule has 2 amide bonds. The van der Waals surface area contributed by atoms with Crippen molar-refractivity contribution in [2.24, 2.45) is 5.10 Å². The average molecular weight is 404 g/mol. The lowest BCUT2D eigenvalue weighted by Crippen LogP contribution is -2.19. The van der Waals surface area contributed by atoms with Gasteiger partial charge < -0.3 is 4.98 Å². The number of para-hydroxylation sites is 1. The molecular weight excluding hydrogens is 388 g/mol. The zero-order valence-corrected chi connectivity index (χ0v) is 15.9. The molecule has 0 aliphatic heterocycles. The summed E-state index contributed by atoms with van der Waals surface area (Å²) < 4.78 is 0. The highest BCUT2D eigenvalue weighted by molar-refractivity contribution is 7.15. The van der Waals surface area contributed by atoms with Gasteiger partial charge in [0.25, 0.3) is 5.91 Å². The first-order valence-electron chi connectivity index (χ1n) is 8.76. The third-order valence-corrected chi connectivity index (χ3v) is 4.89. The largest absolute Gasteiger partial charge is 0.361 e. The second-order valence-corrected chi connectivity index (χ2v) is 7.14. The van der Waals surface area contributed by atoms with E-state index in [1.54, 1.807) is 30.5 Å². The maximum Gasteiger partial charge on any atom is 0.257 e. The summed E-state index contributed by atoms with van der Waals surface area (Å²) in [6.45, 7) is 0. The molecule has 0 aliphatic carbocycles. The predicted molar refractivity (Wildman–Crippen MR) is 112 cm³/mol. The van der Waals surface area contributed by atoms with Gasteiger partial charge in [0, 0.05) is 28.2 Å². The maximum absolute atomic E-state index is 12.1. The summed E-state index contributed by atoms with van der Waals surface area (Å²) in [6.07, 6.45) is 3.43. The van der Waals surface area contributed by atoms with Gasteiger partial charge in [0.1, 0.15) is 5.01 Å². The van der Waals surface area contributed by atoms with Crippen molar-refractivity contribution in [2.45, 2.75) is 6.42 Å². The van der Waals surface area contributed by atoms with Crippen molar-refractivity contribution in [2.75, 3.05) is 5.32 Å². The number of nitrogens with one attached hydrogen (secondary N) is 3. The van der Waals surface area contributed by atoms with Gasteiger partial charge in [0.15, 0.2) is 0 Å². The van der Waals surface area contributed by atoms with Crippen molar-refractivity contribution in [1.29, 1.82) is 0 Å². The summed E-state index contributed by atoms with van der Waals surface area (Å²) in [6, 6.07) is 16.6. The average Bonchev–Trinajstić information content (AvgIpc) is 3.35. The minimum atomic E-state index is -0.321. The highest BCUT2D eigenvalue weighted by Crippen LogP contribution is 2.17. The number of aromatic nitrogens is 3. The molecule has 0 radical (unpaired) electrons. The lowest BCUT2D eigenvalue weighted by Gasteiger charge is -1.99. The topological polar surface area (TPSA) is 112 Å². The van der Waals surface area contributed by atoms with Gasteiger partial charge in [-0.3, -0.25) is 14.9 Å². The Morgan fingerprint density at radius 1 is 1.07 bits per heavy atom. The van der Waals surface area contributed by atoms with Gasteiger partial charge in [-0.05, 0) is 18.2 Å². The first-order valence-corrected chi connectivity index (χ1v) is 9.57. The Labute approximate surface area is 169 Å². The smallest absolute Gasteiger partial charge is 0.257 e. The highest BCUT2D eigenvalue weighted by Gasteiger charge is 2.12. The van der Waals surface area contributed by atoms with E-state index in [0.717, 1.165) is 27.8 Å². The summed E-state index contributed by atoms with van der Waals surface area (Å²) >= 11 is 1.15.